The van der Waals surface area contributed by atoms with Crippen molar-refractivity contribution < 1.29 is 14.7 Å². The van der Waals surface area contributed by atoms with Gasteiger partial charge in [-0.1, -0.05) is 39.5 Å². The van der Waals surface area contributed by atoms with Crippen molar-refractivity contribution in [1.29, 1.82) is 0 Å². The number of hydrogen-bond donors (Lipinski definition) is 2. The number of nitrogens with one attached hydrogen (secondary N) is 1. The number of carboxylic acid groups (broad SMARTS) is 1. The first-order valence-corrected chi connectivity index (χ1v) is 7.46. The zero-order valence-corrected chi connectivity index (χ0v) is 12.3. The van der Waals surface area contributed by atoms with Gasteiger partial charge in [0.15, 0.2) is 0 Å². The second-order valence-electron chi connectivity index (χ2n) is 5.96. The zero-order valence-electron chi connectivity index (χ0n) is 12.3. The molecule has 1 rings (SSSR count). The molecule has 0 heterocycles. The molecule has 0 aliphatic heterocycles. The van der Waals surface area contributed by atoms with Crippen LogP contribution in [0.1, 0.15) is 59.3 Å². The first kappa shape index (κ1) is 16.0. The van der Waals surface area contributed by atoms with Crippen molar-refractivity contribution in [3.05, 3.63) is 0 Å². The van der Waals surface area contributed by atoms with Crippen LogP contribution in [0.15, 0.2) is 0 Å². The van der Waals surface area contributed by atoms with Gasteiger partial charge in [-0.2, -0.15) is 0 Å². The molecule has 110 valence electrons. The van der Waals surface area contributed by atoms with E-state index in [1.54, 1.807) is 13.8 Å². The van der Waals surface area contributed by atoms with Gasteiger partial charge in [0, 0.05) is 12.0 Å². The zero-order chi connectivity index (χ0) is 14.4. The number of amides is 1. The van der Waals surface area contributed by atoms with Gasteiger partial charge in [-0.3, -0.25) is 9.59 Å². The Balaban J connectivity index is 2.48. The number of hydrogen-bond acceptors (Lipinski definition) is 2. The van der Waals surface area contributed by atoms with Gasteiger partial charge < -0.3 is 10.4 Å². The average molecular weight is 269 g/mol. The molecular weight excluding hydrogens is 242 g/mol. The van der Waals surface area contributed by atoms with E-state index in [9.17, 15) is 9.59 Å². The van der Waals surface area contributed by atoms with Crippen LogP contribution in [0.2, 0.25) is 0 Å². The third-order valence-corrected chi connectivity index (χ3v) is 4.53. The van der Waals surface area contributed by atoms with E-state index in [0.29, 0.717) is 5.92 Å². The normalized spacial score (nSPS) is 22.1. The highest BCUT2D eigenvalue weighted by molar-refractivity contribution is 5.84. The Bertz CT molecular complexity index is 309. The van der Waals surface area contributed by atoms with Crippen molar-refractivity contribution in [3.8, 4) is 0 Å². The number of carboxylic acids is 1. The van der Waals surface area contributed by atoms with Gasteiger partial charge in [-0.15, -0.1) is 0 Å². The molecule has 19 heavy (non-hydrogen) atoms. The highest BCUT2D eigenvalue weighted by Gasteiger charge is 2.28. The highest BCUT2D eigenvalue weighted by atomic mass is 16.4. The van der Waals surface area contributed by atoms with E-state index in [-0.39, 0.29) is 11.9 Å². The summed E-state index contributed by atoms with van der Waals surface area (Å²) >= 11 is 0. The van der Waals surface area contributed by atoms with Crippen LogP contribution in [0.5, 0.6) is 0 Å². The van der Waals surface area contributed by atoms with E-state index >= 15 is 0 Å². The Morgan fingerprint density at radius 2 is 1.53 bits per heavy atom. The molecule has 1 fully saturated rings. The minimum atomic E-state index is -0.912. The van der Waals surface area contributed by atoms with Crippen molar-refractivity contribution in [2.24, 2.45) is 17.8 Å². The third-order valence-electron chi connectivity index (χ3n) is 4.53. The number of carbonyl (C=O) groups excluding carboxylic acids is 1. The Morgan fingerprint density at radius 3 is 2.00 bits per heavy atom. The topological polar surface area (TPSA) is 66.4 Å². The molecule has 1 amide bonds. The molecule has 4 nitrogen and oxygen atoms in total. The van der Waals surface area contributed by atoms with E-state index < -0.39 is 17.8 Å². The maximum absolute atomic E-state index is 12.1. The standard InChI is InChI=1S/C15H27NO3/c1-10(11(2)15(18)19)14(17)16-12(3)13-8-6-4-5-7-9-13/h10-13H,4-9H2,1-3H3,(H,16,17)(H,18,19)/t10?,11?,12-/m0/s1. The largest absolute Gasteiger partial charge is 0.481 e. The van der Waals surface area contributed by atoms with Crippen LogP contribution in [0, 0.1) is 17.8 Å². The van der Waals surface area contributed by atoms with Crippen molar-refractivity contribution in [2.45, 2.75) is 65.3 Å². The monoisotopic (exact) mass is 269 g/mol. The third kappa shape index (κ3) is 4.84. The van der Waals surface area contributed by atoms with Gasteiger partial charge in [0.1, 0.15) is 0 Å². The average Bonchev–Trinajstić information content (AvgIpc) is 2.65. The first-order valence-electron chi connectivity index (χ1n) is 7.46. The Morgan fingerprint density at radius 1 is 1.00 bits per heavy atom. The van der Waals surface area contributed by atoms with Crippen molar-refractivity contribution >= 4 is 11.9 Å². The fraction of sp³-hybridized carbons (Fsp3) is 0.867. The molecule has 0 saturated heterocycles. The summed E-state index contributed by atoms with van der Waals surface area (Å²) in [5.41, 5.74) is 0. The minimum Gasteiger partial charge on any atom is -0.481 e. The van der Waals surface area contributed by atoms with E-state index in [1.807, 2.05) is 6.92 Å². The molecule has 2 unspecified atom stereocenters. The summed E-state index contributed by atoms with van der Waals surface area (Å²) in [7, 11) is 0. The summed E-state index contributed by atoms with van der Waals surface area (Å²) in [4.78, 5) is 23.0. The van der Waals surface area contributed by atoms with Gasteiger partial charge in [0.05, 0.1) is 5.92 Å². The van der Waals surface area contributed by atoms with E-state index in [0.717, 1.165) is 0 Å². The molecule has 0 aromatic heterocycles. The number of aliphatic carboxylic acids is 1. The van der Waals surface area contributed by atoms with Crippen LogP contribution in [0.3, 0.4) is 0 Å². The smallest absolute Gasteiger partial charge is 0.307 e. The van der Waals surface area contributed by atoms with Crippen LogP contribution >= 0.6 is 0 Å². The second kappa shape index (κ2) is 7.51. The molecule has 1 aliphatic rings. The lowest BCUT2D eigenvalue weighted by Gasteiger charge is -2.26. The predicted octanol–water partition coefficient (Wildman–Crippen LogP) is 2.82. The Kier molecular flexibility index (Phi) is 6.32. The summed E-state index contributed by atoms with van der Waals surface area (Å²) in [6.07, 6.45) is 7.42. The molecule has 4 heteroatoms. The van der Waals surface area contributed by atoms with Gasteiger partial charge in [-0.05, 0) is 25.7 Å². The molecule has 1 saturated carbocycles. The summed E-state index contributed by atoms with van der Waals surface area (Å²) in [6.45, 7) is 5.32. The molecule has 0 bridgehead atoms. The summed E-state index contributed by atoms with van der Waals surface area (Å²) in [5.74, 6) is -1.62. The molecule has 0 spiro atoms. The maximum atomic E-state index is 12.1. The minimum absolute atomic E-state index is 0.133. The Labute approximate surface area is 116 Å². The van der Waals surface area contributed by atoms with Crippen LogP contribution in [-0.2, 0) is 9.59 Å². The fourth-order valence-electron chi connectivity index (χ4n) is 2.73. The van der Waals surface area contributed by atoms with Gasteiger partial charge >= 0.3 is 5.97 Å². The van der Waals surface area contributed by atoms with Crippen LogP contribution in [0.4, 0.5) is 0 Å². The van der Waals surface area contributed by atoms with Crippen molar-refractivity contribution in [2.75, 3.05) is 0 Å². The fourth-order valence-corrected chi connectivity index (χ4v) is 2.73. The lowest BCUT2D eigenvalue weighted by Crippen LogP contribution is -2.43. The summed E-state index contributed by atoms with van der Waals surface area (Å²) in [5, 5.41) is 12.0. The lowest BCUT2D eigenvalue weighted by atomic mass is 9.91. The molecule has 1 aliphatic carbocycles. The number of rotatable bonds is 5. The van der Waals surface area contributed by atoms with Crippen LogP contribution in [0.25, 0.3) is 0 Å². The molecule has 2 N–H and O–H groups in total. The van der Waals surface area contributed by atoms with E-state index in [1.165, 1.54) is 38.5 Å². The first-order chi connectivity index (χ1) is 8.93. The number of carbonyl (C=O) groups is 2. The van der Waals surface area contributed by atoms with Crippen LogP contribution < -0.4 is 5.32 Å². The molecular formula is C15H27NO3. The maximum Gasteiger partial charge on any atom is 0.307 e. The second-order valence-corrected chi connectivity index (χ2v) is 5.96. The van der Waals surface area contributed by atoms with E-state index in [4.69, 9.17) is 5.11 Å². The van der Waals surface area contributed by atoms with Crippen molar-refractivity contribution in [3.63, 3.8) is 0 Å². The predicted molar refractivity (Wildman–Crippen MR) is 74.8 cm³/mol. The van der Waals surface area contributed by atoms with Gasteiger partial charge in [0.25, 0.3) is 0 Å². The van der Waals surface area contributed by atoms with Gasteiger partial charge in [-0.25, -0.2) is 0 Å². The lowest BCUT2D eigenvalue weighted by molar-refractivity contribution is -0.146. The quantitative estimate of drug-likeness (QED) is 0.754. The van der Waals surface area contributed by atoms with Gasteiger partial charge in [0.2, 0.25) is 5.91 Å². The summed E-state index contributed by atoms with van der Waals surface area (Å²) in [6, 6.07) is 0.147. The molecule has 3 atom stereocenters. The molecule has 0 aromatic rings. The molecule has 0 radical (unpaired) electrons. The van der Waals surface area contributed by atoms with E-state index in [2.05, 4.69) is 5.32 Å². The van der Waals surface area contributed by atoms with Crippen LogP contribution in [-0.4, -0.2) is 23.0 Å². The Hall–Kier alpha value is -1.06. The molecule has 0 aromatic carbocycles. The summed E-state index contributed by atoms with van der Waals surface area (Å²) < 4.78 is 0. The van der Waals surface area contributed by atoms with Crippen molar-refractivity contribution in [1.82, 2.24) is 5.32 Å². The SMILES string of the molecule is CC(C(=O)O)C(C)C(=O)N[C@@H](C)C1CCCCCC1. The highest BCUT2D eigenvalue weighted by Crippen LogP contribution is 2.25.